The fourth-order valence-electron chi connectivity index (χ4n) is 3.92. The maximum absolute atomic E-state index is 12.5. The fraction of sp³-hybridized carbons (Fsp3) is 0.409. The molecule has 0 saturated heterocycles. The lowest BCUT2D eigenvalue weighted by Crippen LogP contribution is -2.25. The molecule has 1 saturated carbocycles. The van der Waals surface area contributed by atoms with Crippen LogP contribution in [0.15, 0.2) is 45.7 Å². The van der Waals surface area contributed by atoms with Crippen LogP contribution >= 0.6 is 23.1 Å². The quantitative estimate of drug-likeness (QED) is 0.712. The van der Waals surface area contributed by atoms with E-state index in [1.165, 1.54) is 31.0 Å². The van der Waals surface area contributed by atoms with Crippen LogP contribution in [0, 0.1) is 13.8 Å². The van der Waals surface area contributed by atoms with Gasteiger partial charge in [0.2, 0.25) is 5.91 Å². The molecule has 2 heterocycles. The van der Waals surface area contributed by atoms with Crippen molar-refractivity contribution >= 4 is 45.4 Å². The monoisotopic (exact) mass is 411 g/mol. The van der Waals surface area contributed by atoms with Crippen LogP contribution in [0.2, 0.25) is 0 Å². The SMILES string of the molecule is Cc1cc(C)cc(NC(=O)CSC2=NC3(CCCCC3)N=C2c2cccs2)c1. The van der Waals surface area contributed by atoms with Gasteiger partial charge in [-0.3, -0.25) is 9.79 Å². The van der Waals surface area contributed by atoms with Crippen molar-refractivity contribution in [3.05, 3.63) is 51.7 Å². The Labute approximate surface area is 174 Å². The van der Waals surface area contributed by atoms with E-state index < -0.39 is 0 Å². The summed E-state index contributed by atoms with van der Waals surface area (Å²) in [6.45, 7) is 4.08. The average molecular weight is 412 g/mol. The number of anilines is 1. The van der Waals surface area contributed by atoms with Crippen LogP contribution in [-0.2, 0) is 4.79 Å². The molecule has 1 N–H and O–H groups in total. The molecule has 2 aromatic rings. The van der Waals surface area contributed by atoms with Crippen molar-refractivity contribution in [2.45, 2.75) is 51.6 Å². The maximum atomic E-state index is 12.5. The predicted octanol–water partition coefficient (Wildman–Crippen LogP) is 5.60. The minimum Gasteiger partial charge on any atom is -0.325 e. The highest BCUT2D eigenvalue weighted by Gasteiger charge is 2.38. The molecule has 4 nitrogen and oxygen atoms in total. The molecule has 2 aliphatic rings. The number of nitrogens with one attached hydrogen (secondary N) is 1. The van der Waals surface area contributed by atoms with Gasteiger partial charge >= 0.3 is 0 Å². The second-order valence-electron chi connectivity index (χ2n) is 7.61. The second kappa shape index (κ2) is 8.21. The molecule has 0 unspecified atom stereocenters. The number of amides is 1. The molecule has 146 valence electrons. The molecule has 1 spiro atoms. The first-order valence-electron chi connectivity index (χ1n) is 9.78. The third-order valence-electron chi connectivity index (χ3n) is 5.09. The number of carbonyl (C=O) groups is 1. The molecule has 0 bridgehead atoms. The highest BCUT2D eigenvalue weighted by atomic mass is 32.2. The van der Waals surface area contributed by atoms with E-state index in [1.54, 1.807) is 11.3 Å². The Kier molecular flexibility index (Phi) is 5.69. The summed E-state index contributed by atoms with van der Waals surface area (Å²) < 4.78 is 0. The van der Waals surface area contributed by atoms with Crippen molar-refractivity contribution in [2.24, 2.45) is 9.98 Å². The summed E-state index contributed by atoms with van der Waals surface area (Å²) >= 11 is 3.19. The van der Waals surface area contributed by atoms with Gasteiger partial charge in [-0.05, 0) is 74.2 Å². The summed E-state index contributed by atoms with van der Waals surface area (Å²) in [6, 6.07) is 10.2. The largest absolute Gasteiger partial charge is 0.325 e. The Morgan fingerprint density at radius 3 is 2.57 bits per heavy atom. The van der Waals surface area contributed by atoms with E-state index in [1.807, 2.05) is 32.0 Å². The minimum atomic E-state index is -0.288. The fourth-order valence-corrected chi connectivity index (χ4v) is 5.56. The van der Waals surface area contributed by atoms with Crippen LogP contribution in [0.3, 0.4) is 0 Å². The number of thioether (sulfide) groups is 1. The molecule has 28 heavy (non-hydrogen) atoms. The molecular weight excluding hydrogens is 386 g/mol. The van der Waals surface area contributed by atoms with Crippen LogP contribution in [0.25, 0.3) is 0 Å². The normalized spacial score (nSPS) is 18.1. The summed E-state index contributed by atoms with van der Waals surface area (Å²) in [4.78, 5) is 23.8. The highest BCUT2D eigenvalue weighted by molar-refractivity contribution is 8.16. The summed E-state index contributed by atoms with van der Waals surface area (Å²) in [5, 5.41) is 6.00. The predicted molar refractivity (Wildman–Crippen MR) is 121 cm³/mol. The Morgan fingerprint density at radius 1 is 1.14 bits per heavy atom. The number of nitrogens with zero attached hydrogens (tertiary/aromatic N) is 2. The smallest absolute Gasteiger partial charge is 0.234 e. The number of aryl methyl sites for hydroxylation is 2. The molecule has 4 rings (SSSR count). The molecular formula is C22H25N3OS2. The first kappa shape index (κ1) is 19.4. The van der Waals surface area contributed by atoms with Gasteiger partial charge in [0.05, 0.1) is 10.6 Å². The molecule has 1 aromatic carbocycles. The van der Waals surface area contributed by atoms with Gasteiger partial charge in [-0.15, -0.1) is 11.3 Å². The van der Waals surface area contributed by atoms with E-state index in [-0.39, 0.29) is 11.6 Å². The number of rotatable bonds is 4. The van der Waals surface area contributed by atoms with Gasteiger partial charge in [-0.2, -0.15) is 0 Å². The van der Waals surface area contributed by atoms with Crippen molar-refractivity contribution in [2.75, 3.05) is 11.1 Å². The second-order valence-corrected chi connectivity index (χ2v) is 9.52. The molecule has 6 heteroatoms. The van der Waals surface area contributed by atoms with Gasteiger partial charge in [-0.1, -0.05) is 30.3 Å². The van der Waals surface area contributed by atoms with Crippen molar-refractivity contribution < 1.29 is 4.79 Å². The lowest BCUT2D eigenvalue weighted by Gasteiger charge is -2.27. The van der Waals surface area contributed by atoms with Crippen molar-refractivity contribution in [1.29, 1.82) is 0 Å². The van der Waals surface area contributed by atoms with Crippen LogP contribution in [0.4, 0.5) is 5.69 Å². The number of hydrogen-bond acceptors (Lipinski definition) is 5. The van der Waals surface area contributed by atoms with Crippen LogP contribution < -0.4 is 5.32 Å². The zero-order chi connectivity index (χ0) is 19.6. The van der Waals surface area contributed by atoms with Crippen molar-refractivity contribution in [1.82, 2.24) is 0 Å². The van der Waals surface area contributed by atoms with E-state index in [0.29, 0.717) is 5.75 Å². The van der Waals surface area contributed by atoms with Gasteiger partial charge < -0.3 is 5.32 Å². The summed E-state index contributed by atoms with van der Waals surface area (Å²) in [7, 11) is 0. The first-order chi connectivity index (χ1) is 13.5. The number of carbonyl (C=O) groups excluding carboxylic acids is 1. The molecule has 1 aliphatic heterocycles. The Bertz CT molecular complexity index is 905. The Hall–Kier alpha value is -1.92. The minimum absolute atomic E-state index is 0.00664. The third kappa shape index (κ3) is 4.39. The molecule has 0 atom stereocenters. The van der Waals surface area contributed by atoms with Gasteiger partial charge in [0.25, 0.3) is 0 Å². The highest BCUT2D eigenvalue weighted by Crippen LogP contribution is 2.39. The molecule has 1 fully saturated rings. The Balaban J connectivity index is 1.47. The maximum Gasteiger partial charge on any atom is 0.234 e. The van der Waals surface area contributed by atoms with Crippen molar-refractivity contribution in [3.8, 4) is 0 Å². The lowest BCUT2D eigenvalue weighted by atomic mass is 9.90. The van der Waals surface area contributed by atoms with E-state index in [2.05, 4.69) is 22.8 Å². The van der Waals surface area contributed by atoms with Crippen LogP contribution in [0.1, 0.15) is 48.1 Å². The van der Waals surface area contributed by atoms with Crippen LogP contribution in [-0.4, -0.2) is 28.1 Å². The topological polar surface area (TPSA) is 53.8 Å². The van der Waals surface area contributed by atoms with E-state index in [4.69, 9.17) is 9.98 Å². The lowest BCUT2D eigenvalue weighted by molar-refractivity contribution is -0.113. The van der Waals surface area contributed by atoms with Gasteiger partial charge in [0.1, 0.15) is 10.8 Å². The number of aliphatic imine (C=N–C) groups is 2. The number of benzene rings is 1. The summed E-state index contributed by atoms with van der Waals surface area (Å²) in [6.07, 6.45) is 5.65. The zero-order valence-corrected chi connectivity index (χ0v) is 18.0. The van der Waals surface area contributed by atoms with Gasteiger partial charge in [0, 0.05) is 5.69 Å². The molecule has 1 aromatic heterocycles. The summed E-state index contributed by atoms with van der Waals surface area (Å²) in [5.74, 6) is 0.333. The first-order valence-corrected chi connectivity index (χ1v) is 11.6. The summed E-state index contributed by atoms with van der Waals surface area (Å²) in [5.41, 5.74) is 3.83. The zero-order valence-electron chi connectivity index (χ0n) is 16.3. The molecule has 1 aliphatic carbocycles. The van der Waals surface area contributed by atoms with Gasteiger partial charge in [-0.25, -0.2) is 4.99 Å². The Morgan fingerprint density at radius 2 is 1.89 bits per heavy atom. The van der Waals surface area contributed by atoms with E-state index in [9.17, 15) is 4.79 Å². The van der Waals surface area contributed by atoms with E-state index >= 15 is 0 Å². The standard InChI is InChI=1S/C22H25N3OS2/c1-15-11-16(2)13-17(12-15)23-19(26)14-28-21-20(18-7-6-10-27-18)24-22(25-21)8-4-3-5-9-22/h6-7,10-13H,3-5,8-9,14H2,1-2H3,(H,23,26). The molecule has 1 amide bonds. The number of thiophene rings is 1. The molecule has 0 radical (unpaired) electrons. The average Bonchev–Trinajstić information content (AvgIpc) is 3.28. The van der Waals surface area contributed by atoms with Gasteiger partial charge in [0.15, 0.2) is 5.66 Å². The van der Waals surface area contributed by atoms with Crippen LogP contribution in [0.5, 0.6) is 0 Å². The third-order valence-corrected chi connectivity index (χ3v) is 6.93. The number of hydrogen-bond donors (Lipinski definition) is 1. The van der Waals surface area contributed by atoms with Crippen molar-refractivity contribution in [3.63, 3.8) is 0 Å². The van der Waals surface area contributed by atoms with E-state index in [0.717, 1.165) is 45.3 Å².